The monoisotopic (exact) mass is 277 g/mol. The number of methoxy groups -OCH3 is 1. The van der Waals surface area contributed by atoms with Crippen LogP contribution in [0.4, 0.5) is 0 Å². The summed E-state index contributed by atoms with van der Waals surface area (Å²) < 4.78 is 7.13. The van der Waals surface area contributed by atoms with Gasteiger partial charge in [-0.15, -0.1) is 10.2 Å². The predicted molar refractivity (Wildman–Crippen MR) is 74.1 cm³/mol. The number of hydrogen-bond acceptors (Lipinski definition) is 5. The molecule has 0 unspecified atom stereocenters. The van der Waals surface area contributed by atoms with E-state index in [0.717, 1.165) is 17.3 Å². The van der Waals surface area contributed by atoms with E-state index in [-0.39, 0.29) is 5.78 Å². The van der Waals surface area contributed by atoms with Gasteiger partial charge in [0.25, 0.3) is 0 Å². The minimum atomic E-state index is 0.114. The van der Waals surface area contributed by atoms with Gasteiger partial charge in [0, 0.05) is 6.07 Å². The number of carbonyl (C=O) groups is 1. The summed E-state index contributed by atoms with van der Waals surface area (Å²) in [6.07, 6.45) is 0. The number of nitrogens with zero attached hydrogens (tertiary/aromatic N) is 3. The van der Waals surface area contributed by atoms with Crippen molar-refractivity contribution in [1.82, 2.24) is 14.8 Å². The van der Waals surface area contributed by atoms with E-state index in [0.29, 0.717) is 10.9 Å². The van der Waals surface area contributed by atoms with Crippen molar-refractivity contribution in [1.29, 1.82) is 0 Å². The third kappa shape index (κ3) is 3.14. The van der Waals surface area contributed by atoms with Gasteiger partial charge in [-0.3, -0.25) is 9.36 Å². The molecule has 0 saturated carbocycles. The first-order valence-corrected chi connectivity index (χ1v) is 6.79. The highest BCUT2D eigenvalue weighted by Crippen LogP contribution is 2.24. The Kier molecular flexibility index (Phi) is 4.21. The molecule has 19 heavy (non-hydrogen) atoms. The van der Waals surface area contributed by atoms with E-state index in [1.165, 1.54) is 11.8 Å². The Hall–Kier alpha value is -1.82. The van der Waals surface area contributed by atoms with E-state index < -0.39 is 0 Å². The molecular formula is C13H15N3O2S. The summed E-state index contributed by atoms with van der Waals surface area (Å²) >= 11 is 1.38. The lowest BCUT2D eigenvalue weighted by atomic mass is 10.3. The molecule has 1 heterocycles. The van der Waals surface area contributed by atoms with Gasteiger partial charge in [-0.05, 0) is 26.0 Å². The largest absolute Gasteiger partial charge is 0.497 e. The molecule has 2 rings (SSSR count). The van der Waals surface area contributed by atoms with Crippen molar-refractivity contribution in [2.45, 2.75) is 19.0 Å². The van der Waals surface area contributed by atoms with E-state index in [2.05, 4.69) is 10.2 Å². The molecule has 0 spiro atoms. The van der Waals surface area contributed by atoms with E-state index in [1.54, 1.807) is 14.0 Å². The highest BCUT2D eigenvalue weighted by Gasteiger charge is 2.12. The second-order valence-electron chi connectivity index (χ2n) is 4.06. The number of Topliss-reactive ketones (excluding diaryl/α,β-unsaturated/α-hetero) is 1. The first-order valence-electron chi connectivity index (χ1n) is 5.80. The fourth-order valence-electron chi connectivity index (χ4n) is 1.65. The Balaban J connectivity index is 2.37. The summed E-state index contributed by atoms with van der Waals surface area (Å²) in [7, 11) is 1.63. The van der Waals surface area contributed by atoms with Crippen molar-refractivity contribution < 1.29 is 9.53 Å². The third-order valence-corrected chi connectivity index (χ3v) is 3.58. The molecule has 0 aliphatic rings. The Morgan fingerprint density at radius 3 is 2.89 bits per heavy atom. The molecular weight excluding hydrogens is 262 g/mol. The molecule has 2 aromatic rings. The standard InChI is InChI=1S/C13H15N3O2S/c1-9(17)8-19-13-15-14-10(2)16(13)11-5-4-6-12(7-11)18-3/h4-7H,8H2,1-3H3. The van der Waals surface area contributed by atoms with Crippen LogP contribution in [-0.2, 0) is 4.79 Å². The van der Waals surface area contributed by atoms with Crippen LogP contribution in [0.1, 0.15) is 12.7 Å². The molecule has 1 aromatic carbocycles. The highest BCUT2D eigenvalue weighted by atomic mass is 32.2. The van der Waals surface area contributed by atoms with Gasteiger partial charge in [-0.25, -0.2) is 0 Å². The lowest BCUT2D eigenvalue weighted by molar-refractivity contribution is -0.114. The lowest BCUT2D eigenvalue weighted by Crippen LogP contribution is -2.01. The molecule has 0 bridgehead atoms. The number of thioether (sulfide) groups is 1. The first kappa shape index (κ1) is 13.6. The number of ether oxygens (including phenoxy) is 1. The predicted octanol–water partition coefficient (Wildman–Crippen LogP) is 2.27. The SMILES string of the molecule is COc1cccc(-n2c(C)nnc2SCC(C)=O)c1. The maximum absolute atomic E-state index is 11.1. The van der Waals surface area contributed by atoms with Crippen molar-refractivity contribution in [3.63, 3.8) is 0 Å². The quantitative estimate of drug-likeness (QED) is 0.785. The van der Waals surface area contributed by atoms with E-state index in [1.807, 2.05) is 35.8 Å². The average Bonchev–Trinajstić information content (AvgIpc) is 2.77. The van der Waals surface area contributed by atoms with Crippen molar-refractivity contribution in [2.75, 3.05) is 12.9 Å². The molecule has 0 N–H and O–H groups in total. The minimum Gasteiger partial charge on any atom is -0.497 e. The fourth-order valence-corrected chi connectivity index (χ4v) is 2.45. The Morgan fingerprint density at radius 1 is 1.42 bits per heavy atom. The average molecular weight is 277 g/mol. The number of aryl methyl sites for hydroxylation is 1. The smallest absolute Gasteiger partial charge is 0.196 e. The van der Waals surface area contributed by atoms with Crippen LogP contribution in [0.15, 0.2) is 29.4 Å². The molecule has 5 nitrogen and oxygen atoms in total. The summed E-state index contributed by atoms with van der Waals surface area (Å²) in [6, 6.07) is 7.66. The summed E-state index contributed by atoms with van der Waals surface area (Å²) in [5.74, 6) is 2.05. The van der Waals surface area contributed by atoms with Crippen molar-refractivity contribution in [2.24, 2.45) is 0 Å². The zero-order valence-corrected chi connectivity index (χ0v) is 11.9. The van der Waals surface area contributed by atoms with Crippen LogP contribution < -0.4 is 4.74 Å². The second kappa shape index (κ2) is 5.88. The van der Waals surface area contributed by atoms with Crippen LogP contribution in [0, 0.1) is 6.92 Å². The maximum atomic E-state index is 11.1. The molecule has 0 aliphatic carbocycles. The van der Waals surface area contributed by atoms with E-state index in [4.69, 9.17) is 4.74 Å². The molecule has 0 amide bonds. The van der Waals surface area contributed by atoms with Gasteiger partial charge in [0.2, 0.25) is 0 Å². The fraction of sp³-hybridized carbons (Fsp3) is 0.308. The zero-order valence-electron chi connectivity index (χ0n) is 11.1. The zero-order chi connectivity index (χ0) is 13.8. The minimum absolute atomic E-state index is 0.114. The van der Waals surface area contributed by atoms with Gasteiger partial charge in [0.1, 0.15) is 17.4 Å². The van der Waals surface area contributed by atoms with Gasteiger partial charge in [0.15, 0.2) is 5.16 Å². The van der Waals surface area contributed by atoms with Gasteiger partial charge < -0.3 is 4.74 Å². The molecule has 1 aromatic heterocycles. The van der Waals surface area contributed by atoms with Gasteiger partial charge in [-0.2, -0.15) is 0 Å². The van der Waals surface area contributed by atoms with E-state index >= 15 is 0 Å². The Labute approximate surface area is 116 Å². The first-order chi connectivity index (χ1) is 9.11. The van der Waals surface area contributed by atoms with Crippen LogP contribution in [0.25, 0.3) is 5.69 Å². The lowest BCUT2D eigenvalue weighted by Gasteiger charge is -2.09. The number of rotatable bonds is 5. The molecule has 0 saturated heterocycles. The van der Waals surface area contributed by atoms with Crippen LogP contribution in [0.3, 0.4) is 0 Å². The number of carbonyl (C=O) groups excluding carboxylic acids is 1. The molecule has 100 valence electrons. The maximum Gasteiger partial charge on any atom is 0.196 e. The number of ketones is 1. The summed E-state index contributed by atoms with van der Waals surface area (Å²) in [5.41, 5.74) is 0.924. The summed E-state index contributed by atoms with van der Waals surface area (Å²) in [5, 5.41) is 8.88. The third-order valence-electron chi connectivity index (χ3n) is 2.51. The highest BCUT2D eigenvalue weighted by molar-refractivity contribution is 7.99. The molecule has 0 fully saturated rings. The van der Waals surface area contributed by atoms with Crippen molar-refractivity contribution in [3.05, 3.63) is 30.1 Å². The van der Waals surface area contributed by atoms with Gasteiger partial charge in [0.05, 0.1) is 18.6 Å². The van der Waals surface area contributed by atoms with Crippen LogP contribution >= 0.6 is 11.8 Å². The Bertz CT molecular complexity index is 595. The van der Waals surface area contributed by atoms with Crippen LogP contribution in [-0.4, -0.2) is 33.4 Å². The van der Waals surface area contributed by atoms with Crippen LogP contribution in [0.2, 0.25) is 0 Å². The Morgan fingerprint density at radius 2 is 2.21 bits per heavy atom. The summed E-state index contributed by atoms with van der Waals surface area (Å²) in [6.45, 7) is 3.44. The molecule has 0 radical (unpaired) electrons. The van der Waals surface area contributed by atoms with Crippen LogP contribution in [0.5, 0.6) is 5.75 Å². The molecule has 0 atom stereocenters. The number of hydrogen-bond donors (Lipinski definition) is 0. The number of benzene rings is 1. The molecule has 0 aliphatic heterocycles. The number of aromatic nitrogens is 3. The van der Waals surface area contributed by atoms with Gasteiger partial charge >= 0.3 is 0 Å². The second-order valence-corrected chi connectivity index (χ2v) is 5.00. The topological polar surface area (TPSA) is 57.0 Å². The van der Waals surface area contributed by atoms with Crippen molar-refractivity contribution in [3.8, 4) is 11.4 Å². The summed E-state index contributed by atoms with van der Waals surface area (Å²) in [4.78, 5) is 11.1. The van der Waals surface area contributed by atoms with Crippen molar-refractivity contribution >= 4 is 17.5 Å². The van der Waals surface area contributed by atoms with E-state index in [9.17, 15) is 4.79 Å². The van der Waals surface area contributed by atoms with Gasteiger partial charge in [-0.1, -0.05) is 17.8 Å². The normalized spacial score (nSPS) is 10.5. The molecule has 6 heteroatoms.